The molecule has 0 spiro atoms. The summed E-state index contributed by atoms with van der Waals surface area (Å²) in [5, 5.41) is 8.35. The lowest BCUT2D eigenvalue weighted by molar-refractivity contribution is -0.141. The van der Waals surface area contributed by atoms with Gasteiger partial charge >= 0.3 is 5.97 Å². The van der Waals surface area contributed by atoms with E-state index in [4.69, 9.17) is 20.9 Å². The first-order valence-electron chi connectivity index (χ1n) is 11.4. The third-order valence-electron chi connectivity index (χ3n) is 5.63. The van der Waals surface area contributed by atoms with Crippen LogP contribution < -0.4 is 10.6 Å². The molecule has 8 nitrogen and oxygen atoms in total. The Morgan fingerprint density at radius 1 is 1.06 bits per heavy atom. The summed E-state index contributed by atoms with van der Waals surface area (Å²) in [7, 11) is 1.95. The quantitative estimate of drug-likeness (QED) is 0.152. The molecule has 9 heteroatoms. The molecule has 0 aliphatic rings. The number of carbonyl (C=O) groups excluding carboxylic acids is 2. The third kappa shape index (κ3) is 5.58. The van der Waals surface area contributed by atoms with E-state index in [0.29, 0.717) is 22.6 Å². The summed E-state index contributed by atoms with van der Waals surface area (Å²) >= 11 is 1.59. The molecule has 0 bridgehead atoms. The predicted molar refractivity (Wildman–Crippen MR) is 142 cm³/mol. The van der Waals surface area contributed by atoms with Crippen molar-refractivity contribution in [2.45, 2.75) is 17.8 Å². The topological polar surface area (TPSA) is 114 Å². The van der Waals surface area contributed by atoms with Crippen molar-refractivity contribution >= 4 is 46.2 Å². The average molecular weight is 502 g/mol. The molecule has 1 heterocycles. The van der Waals surface area contributed by atoms with Crippen LogP contribution in [0.1, 0.15) is 28.4 Å². The highest BCUT2D eigenvalue weighted by molar-refractivity contribution is 7.98. The molecule has 0 fully saturated rings. The number of aryl methyl sites for hydroxylation is 1. The van der Waals surface area contributed by atoms with Crippen molar-refractivity contribution in [3.05, 3.63) is 89.5 Å². The van der Waals surface area contributed by atoms with Crippen LogP contribution in [0.3, 0.4) is 0 Å². The maximum absolute atomic E-state index is 13.3. The average Bonchev–Trinajstić information content (AvgIpc) is 3.21. The van der Waals surface area contributed by atoms with Crippen LogP contribution in [0, 0.1) is 5.41 Å². The minimum absolute atomic E-state index is 0.0445. The van der Waals surface area contributed by atoms with Crippen LogP contribution in [0.25, 0.3) is 11.0 Å². The van der Waals surface area contributed by atoms with Crippen LogP contribution >= 0.6 is 11.8 Å². The zero-order chi connectivity index (χ0) is 25.7. The molecule has 0 unspecified atom stereocenters. The molecule has 1 aromatic heterocycles. The number of anilines is 1. The number of carbonyl (C=O) groups is 2. The Labute approximate surface area is 213 Å². The summed E-state index contributed by atoms with van der Waals surface area (Å²) in [6.45, 7) is 1.78. The summed E-state index contributed by atoms with van der Waals surface area (Å²) in [4.78, 5) is 31.8. The van der Waals surface area contributed by atoms with Gasteiger partial charge in [-0.15, -0.1) is 0 Å². The number of hydrogen-bond acceptors (Lipinski definition) is 6. The van der Waals surface area contributed by atoms with Crippen molar-refractivity contribution in [3.8, 4) is 0 Å². The molecule has 3 N–H and O–H groups in total. The summed E-state index contributed by atoms with van der Waals surface area (Å²) in [6.07, 6.45) is 0. The molecule has 4 aromatic rings. The Morgan fingerprint density at radius 2 is 1.78 bits per heavy atom. The Morgan fingerprint density at radius 3 is 2.44 bits per heavy atom. The number of benzene rings is 3. The molecular weight excluding hydrogens is 474 g/mol. The first-order chi connectivity index (χ1) is 17.4. The van der Waals surface area contributed by atoms with Crippen molar-refractivity contribution in [3.63, 3.8) is 0 Å². The van der Waals surface area contributed by atoms with Gasteiger partial charge in [-0.1, -0.05) is 54.2 Å². The van der Waals surface area contributed by atoms with Gasteiger partial charge in [0.2, 0.25) is 0 Å². The van der Waals surface area contributed by atoms with Crippen LogP contribution in [-0.2, 0) is 22.3 Å². The molecule has 0 atom stereocenters. The SMILES string of the molecule is CCOC(=O)CN(C(=O)c1ccccc1)c1ccc2c(c1)nc(SCc1ccc(C(=N)N)cc1)n2C. The molecule has 0 aliphatic heterocycles. The van der Waals surface area contributed by atoms with Gasteiger partial charge in [0.15, 0.2) is 5.16 Å². The number of imidazole rings is 1. The number of thioether (sulfide) groups is 1. The number of ether oxygens (including phenoxy) is 1. The van der Waals surface area contributed by atoms with E-state index < -0.39 is 5.97 Å². The van der Waals surface area contributed by atoms with Crippen LogP contribution in [0.15, 0.2) is 78.0 Å². The lowest BCUT2D eigenvalue weighted by Crippen LogP contribution is -2.36. The van der Waals surface area contributed by atoms with Gasteiger partial charge in [-0.25, -0.2) is 4.98 Å². The highest BCUT2D eigenvalue weighted by atomic mass is 32.2. The minimum atomic E-state index is -0.477. The number of rotatable bonds is 9. The number of amidine groups is 1. The molecule has 184 valence electrons. The second kappa shape index (κ2) is 11.1. The van der Waals surface area contributed by atoms with E-state index in [9.17, 15) is 9.59 Å². The first kappa shape index (κ1) is 25.0. The van der Waals surface area contributed by atoms with Gasteiger partial charge in [-0.05, 0) is 42.8 Å². The van der Waals surface area contributed by atoms with E-state index in [-0.39, 0.29) is 24.9 Å². The van der Waals surface area contributed by atoms with Crippen molar-refractivity contribution in [1.29, 1.82) is 5.41 Å². The number of fused-ring (bicyclic) bond motifs is 1. The standard InChI is InChI=1S/C27H27N5O3S/c1-3-35-24(33)16-32(26(34)20-7-5-4-6-8-20)21-13-14-23-22(15-21)30-27(31(23)2)36-17-18-9-11-19(12-10-18)25(28)29/h4-15H,3,16-17H2,1-2H3,(H3,28,29). The normalized spacial score (nSPS) is 10.8. The molecule has 0 aliphatic carbocycles. The molecule has 1 amide bonds. The van der Waals surface area contributed by atoms with Crippen LogP contribution in [-0.4, -0.2) is 40.4 Å². The molecule has 0 saturated carbocycles. The Bertz CT molecular complexity index is 1400. The molecule has 3 aromatic carbocycles. The number of esters is 1. The highest BCUT2D eigenvalue weighted by Gasteiger charge is 2.22. The Hall–Kier alpha value is -4.11. The van der Waals surface area contributed by atoms with Gasteiger partial charge in [-0.3, -0.25) is 19.9 Å². The predicted octanol–water partition coefficient (Wildman–Crippen LogP) is 4.36. The van der Waals surface area contributed by atoms with E-state index in [0.717, 1.165) is 21.8 Å². The number of amides is 1. The number of nitrogens with two attached hydrogens (primary N) is 1. The second-order valence-electron chi connectivity index (χ2n) is 8.09. The van der Waals surface area contributed by atoms with Crippen molar-refractivity contribution in [2.24, 2.45) is 12.8 Å². The fraction of sp³-hybridized carbons (Fsp3) is 0.185. The number of nitrogen functional groups attached to an aromatic ring is 1. The number of aromatic nitrogens is 2. The van der Waals surface area contributed by atoms with Gasteiger partial charge in [0, 0.05) is 29.6 Å². The smallest absolute Gasteiger partial charge is 0.326 e. The van der Waals surface area contributed by atoms with Gasteiger partial charge in [0.25, 0.3) is 5.91 Å². The van der Waals surface area contributed by atoms with Gasteiger partial charge in [-0.2, -0.15) is 0 Å². The second-order valence-corrected chi connectivity index (χ2v) is 9.03. The maximum Gasteiger partial charge on any atom is 0.326 e. The van der Waals surface area contributed by atoms with Crippen LogP contribution in [0.2, 0.25) is 0 Å². The van der Waals surface area contributed by atoms with Gasteiger partial charge < -0.3 is 15.0 Å². The lowest BCUT2D eigenvalue weighted by atomic mass is 10.1. The first-order valence-corrected chi connectivity index (χ1v) is 12.4. The zero-order valence-electron chi connectivity index (χ0n) is 20.1. The molecule has 4 rings (SSSR count). The Kier molecular flexibility index (Phi) is 7.70. The highest BCUT2D eigenvalue weighted by Crippen LogP contribution is 2.29. The van der Waals surface area contributed by atoms with Gasteiger partial charge in [0.1, 0.15) is 12.4 Å². The Balaban J connectivity index is 1.60. The van der Waals surface area contributed by atoms with Crippen LogP contribution in [0.5, 0.6) is 0 Å². The third-order valence-corrected chi connectivity index (χ3v) is 6.73. The largest absolute Gasteiger partial charge is 0.465 e. The van der Waals surface area contributed by atoms with E-state index in [1.54, 1.807) is 43.0 Å². The monoisotopic (exact) mass is 501 g/mol. The minimum Gasteiger partial charge on any atom is -0.465 e. The van der Waals surface area contributed by atoms with Crippen molar-refractivity contribution in [2.75, 3.05) is 18.1 Å². The lowest BCUT2D eigenvalue weighted by Gasteiger charge is -2.22. The molecule has 36 heavy (non-hydrogen) atoms. The molecule has 0 saturated heterocycles. The zero-order valence-corrected chi connectivity index (χ0v) is 20.9. The molecule has 0 radical (unpaired) electrons. The van der Waals surface area contributed by atoms with E-state index in [1.165, 1.54) is 4.90 Å². The van der Waals surface area contributed by atoms with Crippen molar-refractivity contribution < 1.29 is 14.3 Å². The number of hydrogen-bond donors (Lipinski definition) is 2. The fourth-order valence-electron chi connectivity index (χ4n) is 3.74. The maximum atomic E-state index is 13.3. The van der Waals surface area contributed by atoms with Crippen molar-refractivity contribution in [1.82, 2.24) is 9.55 Å². The van der Waals surface area contributed by atoms with E-state index in [2.05, 4.69) is 0 Å². The summed E-state index contributed by atoms with van der Waals surface area (Å²) < 4.78 is 7.11. The summed E-state index contributed by atoms with van der Waals surface area (Å²) in [5.41, 5.74) is 10.00. The number of nitrogens with one attached hydrogen (secondary N) is 1. The van der Waals surface area contributed by atoms with Crippen LogP contribution in [0.4, 0.5) is 5.69 Å². The molecular formula is C27H27N5O3S. The summed E-state index contributed by atoms with van der Waals surface area (Å²) in [5.74, 6) is -0.0236. The number of nitrogens with zero attached hydrogens (tertiary/aromatic N) is 3. The van der Waals surface area contributed by atoms with E-state index >= 15 is 0 Å². The van der Waals surface area contributed by atoms with E-state index in [1.807, 2.05) is 60.1 Å². The summed E-state index contributed by atoms with van der Waals surface area (Å²) in [6, 6.07) is 22.0. The fourth-order valence-corrected chi connectivity index (χ4v) is 4.69. The van der Waals surface area contributed by atoms with Gasteiger partial charge in [0.05, 0.1) is 17.6 Å².